The zero-order valence-electron chi connectivity index (χ0n) is 17.8. The average Bonchev–Trinajstić information content (AvgIpc) is 3.24. The van der Waals surface area contributed by atoms with Crippen LogP contribution in [0.1, 0.15) is 16.8 Å². The van der Waals surface area contributed by atoms with Crippen LogP contribution in [0.2, 0.25) is 0 Å². The molecule has 10 heteroatoms. The summed E-state index contributed by atoms with van der Waals surface area (Å²) in [4.78, 5) is 18.3. The Morgan fingerprint density at radius 2 is 1.81 bits per heavy atom. The number of rotatable bonds is 8. The van der Waals surface area contributed by atoms with E-state index in [1.165, 1.54) is 0 Å². The number of nitrogens with one attached hydrogen (secondary N) is 3. The Bertz CT molecular complexity index is 886. The smallest absolute Gasteiger partial charge is 0.387 e. The number of anilines is 1. The largest absolute Gasteiger partial charge is 0.433 e. The minimum Gasteiger partial charge on any atom is -0.433 e. The van der Waals surface area contributed by atoms with Crippen LogP contribution >= 0.6 is 24.0 Å². The van der Waals surface area contributed by atoms with E-state index in [9.17, 15) is 13.6 Å². The van der Waals surface area contributed by atoms with Gasteiger partial charge in [0.15, 0.2) is 5.96 Å². The molecule has 1 saturated heterocycles. The molecule has 0 bridgehead atoms. The number of para-hydroxylation sites is 2. The Hall–Kier alpha value is -2.63. The van der Waals surface area contributed by atoms with Crippen molar-refractivity contribution in [3.05, 3.63) is 60.2 Å². The van der Waals surface area contributed by atoms with Crippen molar-refractivity contribution in [2.75, 3.05) is 38.1 Å². The zero-order valence-corrected chi connectivity index (χ0v) is 20.1. The van der Waals surface area contributed by atoms with Crippen molar-refractivity contribution in [1.29, 1.82) is 0 Å². The molecule has 32 heavy (non-hydrogen) atoms. The van der Waals surface area contributed by atoms with Gasteiger partial charge in [0.25, 0.3) is 5.91 Å². The number of nitrogens with zero attached hydrogens (tertiary/aromatic N) is 2. The highest BCUT2D eigenvalue weighted by molar-refractivity contribution is 14.0. The summed E-state index contributed by atoms with van der Waals surface area (Å²) in [7, 11) is 1.68. The molecule has 174 valence electrons. The van der Waals surface area contributed by atoms with Crippen molar-refractivity contribution in [2.24, 2.45) is 4.99 Å². The molecule has 1 amide bonds. The maximum atomic E-state index is 12.7. The van der Waals surface area contributed by atoms with E-state index < -0.39 is 6.61 Å². The summed E-state index contributed by atoms with van der Waals surface area (Å²) in [6.07, 6.45) is 0.828. The molecule has 0 aliphatic carbocycles. The van der Waals surface area contributed by atoms with E-state index >= 15 is 0 Å². The number of alkyl halides is 2. The quantitative estimate of drug-likeness (QED) is 0.201. The number of carbonyl (C=O) groups is 1. The summed E-state index contributed by atoms with van der Waals surface area (Å²) in [5.74, 6) is 0.675. The predicted octanol–water partition coefficient (Wildman–Crippen LogP) is 3.08. The van der Waals surface area contributed by atoms with Crippen molar-refractivity contribution in [3.63, 3.8) is 0 Å². The lowest BCUT2D eigenvalue weighted by atomic mass is 10.2. The summed E-state index contributed by atoms with van der Waals surface area (Å²) in [5, 5.41) is 9.37. The van der Waals surface area contributed by atoms with Gasteiger partial charge >= 0.3 is 6.61 Å². The third kappa shape index (κ3) is 7.50. The van der Waals surface area contributed by atoms with Gasteiger partial charge in [0.2, 0.25) is 0 Å². The van der Waals surface area contributed by atoms with Gasteiger partial charge in [-0.2, -0.15) is 8.78 Å². The van der Waals surface area contributed by atoms with Crippen LogP contribution < -0.4 is 25.6 Å². The summed E-state index contributed by atoms with van der Waals surface area (Å²) in [5.41, 5.74) is 1.27. The van der Waals surface area contributed by atoms with Gasteiger partial charge in [0, 0.05) is 44.8 Å². The van der Waals surface area contributed by atoms with Crippen molar-refractivity contribution in [3.8, 4) is 5.75 Å². The van der Waals surface area contributed by atoms with Crippen LogP contribution in [-0.2, 0) is 0 Å². The number of halogens is 3. The third-order valence-electron chi connectivity index (χ3n) is 4.91. The van der Waals surface area contributed by atoms with Crippen LogP contribution in [0, 0.1) is 0 Å². The minimum atomic E-state index is -2.86. The summed E-state index contributed by atoms with van der Waals surface area (Å²) in [6, 6.07) is 15.9. The fourth-order valence-electron chi connectivity index (χ4n) is 3.45. The van der Waals surface area contributed by atoms with Crippen LogP contribution in [0.5, 0.6) is 5.75 Å². The van der Waals surface area contributed by atoms with E-state index in [1.807, 2.05) is 23.1 Å². The number of amides is 1. The lowest BCUT2D eigenvalue weighted by Gasteiger charge is -2.22. The molecular formula is C22H28F2IN5O2. The fourth-order valence-corrected chi connectivity index (χ4v) is 3.45. The van der Waals surface area contributed by atoms with E-state index in [0.717, 1.165) is 6.42 Å². The first-order chi connectivity index (χ1) is 15.1. The van der Waals surface area contributed by atoms with E-state index in [-0.39, 0.29) is 41.7 Å². The van der Waals surface area contributed by atoms with E-state index in [2.05, 4.69) is 25.7 Å². The Kier molecular flexibility index (Phi) is 10.4. The van der Waals surface area contributed by atoms with E-state index in [1.54, 1.807) is 43.4 Å². The maximum absolute atomic E-state index is 12.7. The molecule has 1 heterocycles. The number of guanidine groups is 1. The first-order valence-corrected chi connectivity index (χ1v) is 10.2. The van der Waals surface area contributed by atoms with E-state index in [4.69, 9.17) is 0 Å². The molecule has 0 spiro atoms. The molecule has 1 fully saturated rings. The minimum absolute atomic E-state index is 0. The molecule has 0 saturated carbocycles. The highest BCUT2D eigenvalue weighted by Crippen LogP contribution is 2.31. The van der Waals surface area contributed by atoms with Gasteiger partial charge in [-0.3, -0.25) is 9.79 Å². The Labute approximate surface area is 203 Å². The van der Waals surface area contributed by atoms with Gasteiger partial charge in [-0.25, -0.2) is 0 Å². The van der Waals surface area contributed by atoms with Crippen molar-refractivity contribution in [1.82, 2.24) is 16.0 Å². The topological polar surface area (TPSA) is 78.0 Å². The lowest BCUT2D eigenvalue weighted by molar-refractivity contribution is -0.0495. The molecule has 1 unspecified atom stereocenters. The van der Waals surface area contributed by atoms with Crippen molar-refractivity contribution >= 4 is 41.5 Å². The highest BCUT2D eigenvalue weighted by Gasteiger charge is 2.26. The molecule has 3 N–H and O–H groups in total. The monoisotopic (exact) mass is 559 g/mol. The Morgan fingerprint density at radius 3 is 2.53 bits per heavy atom. The number of ether oxygens (including phenoxy) is 1. The van der Waals surface area contributed by atoms with Gasteiger partial charge < -0.3 is 25.6 Å². The Balaban J connectivity index is 0.00000363. The molecule has 7 nitrogen and oxygen atoms in total. The molecule has 1 aliphatic heterocycles. The van der Waals surface area contributed by atoms with Crippen LogP contribution in [-0.4, -0.2) is 57.7 Å². The van der Waals surface area contributed by atoms with Crippen LogP contribution in [0.4, 0.5) is 14.5 Å². The van der Waals surface area contributed by atoms with Gasteiger partial charge in [0.05, 0.1) is 5.69 Å². The normalized spacial score (nSPS) is 15.8. The van der Waals surface area contributed by atoms with Crippen LogP contribution in [0.3, 0.4) is 0 Å². The first-order valence-electron chi connectivity index (χ1n) is 10.2. The van der Waals surface area contributed by atoms with Gasteiger partial charge in [0.1, 0.15) is 5.75 Å². The van der Waals surface area contributed by atoms with E-state index in [0.29, 0.717) is 43.4 Å². The summed E-state index contributed by atoms with van der Waals surface area (Å²) < 4.78 is 30.0. The average molecular weight is 559 g/mol. The SMILES string of the molecule is CN=C(NCCNC(=O)c1ccccc1)NC1CCN(c2ccccc2OC(F)F)C1.I. The number of carbonyl (C=O) groups excluding carboxylic acids is 1. The van der Waals surface area contributed by atoms with Gasteiger partial charge in [-0.1, -0.05) is 30.3 Å². The van der Waals surface area contributed by atoms with Crippen molar-refractivity contribution in [2.45, 2.75) is 19.1 Å². The molecule has 1 atom stereocenters. The van der Waals surface area contributed by atoms with Crippen LogP contribution in [0.25, 0.3) is 0 Å². The Morgan fingerprint density at radius 1 is 1.12 bits per heavy atom. The second-order valence-corrected chi connectivity index (χ2v) is 7.04. The first kappa shape index (κ1) is 25.6. The molecule has 0 radical (unpaired) electrons. The highest BCUT2D eigenvalue weighted by atomic mass is 127. The molecular weight excluding hydrogens is 531 g/mol. The van der Waals surface area contributed by atoms with Crippen LogP contribution in [0.15, 0.2) is 59.6 Å². The second-order valence-electron chi connectivity index (χ2n) is 7.04. The standard InChI is InChI=1S/C22H27F2N5O2.HI/c1-25-22(27-13-12-26-20(30)16-7-3-2-4-8-16)28-17-11-14-29(15-17)18-9-5-6-10-19(18)31-21(23)24;/h2-10,17,21H,11-15H2,1H3,(H,26,30)(H2,25,27,28);1H. The number of aliphatic imine (C=N–C) groups is 1. The number of benzene rings is 2. The molecule has 0 aromatic heterocycles. The maximum Gasteiger partial charge on any atom is 0.387 e. The fraction of sp³-hybridized carbons (Fsp3) is 0.364. The molecule has 3 rings (SSSR count). The number of hydrogen-bond donors (Lipinski definition) is 3. The third-order valence-corrected chi connectivity index (χ3v) is 4.91. The summed E-state index contributed by atoms with van der Waals surface area (Å²) in [6.45, 7) is -0.549. The second kappa shape index (κ2) is 13.0. The van der Waals surface area contributed by atoms with Gasteiger partial charge in [-0.05, 0) is 30.7 Å². The zero-order chi connectivity index (χ0) is 22.1. The van der Waals surface area contributed by atoms with Gasteiger partial charge in [-0.15, -0.1) is 24.0 Å². The lowest BCUT2D eigenvalue weighted by Crippen LogP contribution is -2.46. The van der Waals surface area contributed by atoms with Crippen molar-refractivity contribution < 1.29 is 18.3 Å². The summed E-state index contributed by atoms with van der Waals surface area (Å²) >= 11 is 0. The molecule has 2 aromatic rings. The number of hydrogen-bond acceptors (Lipinski definition) is 4. The predicted molar refractivity (Wildman–Crippen MR) is 132 cm³/mol. The molecule has 2 aromatic carbocycles. The molecule has 1 aliphatic rings.